The molecule has 2 rings (SSSR count). The molecule has 0 aromatic heterocycles. The fraction of sp³-hybridized carbons (Fsp3) is 0.412. The van der Waals surface area contributed by atoms with Gasteiger partial charge in [-0.05, 0) is 31.7 Å². The lowest BCUT2D eigenvalue weighted by atomic mass is 10.1. The number of nitrogens with one attached hydrogen (secondary N) is 1. The van der Waals surface area contributed by atoms with E-state index in [1.54, 1.807) is 6.92 Å². The van der Waals surface area contributed by atoms with Gasteiger partial charge in [-0.2, -0.15) is 0 Å². The molecule has 0 atom stereocenters. The van der Waals surface area contributed by atoms with Crippen molar-refractivity contribution in [3.05, 3.63) is 42.1 Å². The first-order chi connectivity index (χ1) is 10.7. The van der Waals surface area contributed by atoms with Crippen molar-refractivity contribution in [1.82, 2.24) is 10.2 Å². The Morgan fingerprint density at radius 3 is 2.59 bits per heavy atom. The van der Waals surface area contributed by atoms with Crippen molar-refractivity contribution in [1.29, 1.82) is 0 Å². The van der Waals surface area contributed by atoms with Crippen LogP contribution in [0.5, 0.6) is 0 Å². The maximum absolute atomic E-state index is 11.6. The number of likely N-dealkylation sites (tertiary alicyclic amines) is 1. The predicted molar refractivity (Wildman–Crippen MR) is 92.6 cm³/mol. The van der Waals surface area contributed by atoms with Crippen molar-refractivity contribution in [3.8, 4) is 0 Å². The number of amides is 1. The highest BCUT2D eigenvalue weighted by Crippen LogP contribution is 2.19. The minimum Gasteiger partial charge on any atom is -0.450 e. The Morgan fingerprint density at radius 1 is 1.27 bits per heavy atom. The third-order valence-corrected chi connectivity index (χ3v) is 3.84. The maximum atomic E-state index is 11.6. The van der Waals surface area contributed by atoms with Gasteiger partial charge in [-0.3, -0.25) is 5.32 Å². The molecule has 1 aliphatic rings. The van der Waals surface area contributed by atoms with Crippen molar-refractivity contribution >= 4 is 28.9 Å². The van der Waals surface area contributed by atoms with Gasteiger partial charge in [0.25, 0.3) is 0 Å². The van der Waals surface area contributed by atoms with Gasteiger partial charge in [-0.1, -0.05) is 42.5 Å². The molecular formula is C17H22N2O2S. The van der Waals surface area contributed by atoms with Crippen molar-refractivity contribution in [3.63, 3.8) is 0 Å². The van der Waals surface area contributed by atoms with Crippen molar-refractivity contribution in [2.45, 2.75) is 26.2 Å². The monoisotopic (exact) mass is 318 g/mol. The summed E-state index contributed by atoms with van der Waals surface area (Å²) in [7, 11) is 0. The largest absolute Gasteiger partial charge is 0.450 e. The van der Waals surface area contributed by atoms with Gasteiger partial charge < -0.3 is 9.64 Å². The average Bonchev–Trinajstić information content (AvgIpc) is 2.54. The molecular weight excluding hydrogens is 296 g/mol. The van der Waals surface area contributed by atoms with Gasteiger partial charge in [0.1, 0.15) is 4.99 Å². The van der Waals surface area contributed by atoms with E-state index in [1.807, 2.05) is 30.3 Å². The molecule has 0 bridgehead atoms. The first kappa shape index (κ1) is 16.5. The minimum atomic E-state index is -0.507. The van der Waals surface area contributed by atoms with Crippen molar-refractivity contribution < 1.29 is 9.53 Å². The predicted octanol–water partition coefficient (Wildman–Crippen LogP) is 3.59. The standard InChI is InChI=1S/C17H22N2O2S/c1-2-21-17(20)18-16(22)15(14-9-5-3-6-10-14)13-19-11-7-4-8-12-19/h3,5-6,9-10,13H,2,4,7-8,11-12H2,1H3,(H,18,20,22). The van der Waals surface area contributed by atoms with E-state index in [4.69, 9.17) is 17.0 Å². The van der Waals surface area contributed by atoms with Gasteiger partial charge >= 0.3 is 6.09 Å². The second-order valence-corrected chi connectivity index (χ2v) is 5.59. The first-order valence-electron chi connectivity index (χ1n) is 7.70. The molecule has 0 unspecified atom stereocenters. The number of alkyl carbamates (subject to hydrolysis) is 1. The molecule has 0 spiro atoms. The number of hydrogen-bond acceptors (Lipinski definition) is 4. The Labute approximate surface area is 137 Å². The van der Waals surface area contributed by atoms with Crippen LogP contribution in [0.15, 0.2) is 36.5 Å². The van der Waals surface area contributed by atoms with Crippen LogP contribution in [0, 0.1) is 0 Å². The topological polar surface area (TPSA) is 41.6 Å². The summed E-state index contributed by atoms with van der Waals surface area (Å²) < 4.78 is 4.91. The summed E-state index contributed by atoms with van der Waals surface area (Å²) in [6, 6.07) is 9.88. The zero-order valence-corrected chi connectivity index (χ0v) is 13.7. The lowest BCUT2D eigenvalue weighted by molar-refractivity contribution is 0.158. The van der Waals surface area contributed by atoms with E-state index in [2.05, 4.69) is 16.4 Å². The van der Waals surface area contributed by atoms with Crippen molar-refractivity contribution in [2.24, 2.45) is 0 Å². The second kappa shape index (κ2) is 8.54. The molecule has 4 nitrogen and oxygen atoms in total. The molecule has 1 heterocycles. The van der Waals surface area contributed by atoms with Crippen LogP contribution in [0.2, 0.25) is 0 Å². The lowest BCUT2D eigenvalue weighted by Crippen LogP contribution is -2.32. The molecule has 1 fully saturated rings. The number of rotatable bonds is 4. The molecule has 0 radical (unpaired) electrons. The van der Waals surface area contributed by atoms with Crippen LogP contribution >= 0.6 is 12.2 Å². The number of hydrogen-bond donors (Lipinski definition) is 1. The number of carbonyl (C=O) groups excluding carboxylic acids is 1. The van der Waals surface area contributed by atoms with Crippen LogP contribution in [0.1, 0.15) is 31.7 Å². The molecule has 118 valence electrons. The van der Waals surface area contributed by atoms with E-state index in [-0.39, 0.29) is 0 Å². The average molecular weight is 318 g/mol. The number of ether oxygens (including phenoxy) is 1. The number of benzene rings is 1. The van der Waals surface area contributed by atoms with Gasteiger partial charge in [0.15, 0.2) is 0 Å². The summed E-state index contributed by atoms with van der Waals surface area (Å²) in [5, 5.41) is 2.64. The van der Waals surface area contributed by atoms with E-state index in [0.717, 1.165) is 24.2 Å². The van der Waals surface area contributed by atoms with E-state index in [1.165, 1.54) is 19.3 Å². The maximum Gasteiger partial charge on any atom is 0.412 e. The summed E-state index contributed by atoms with van der Waals surface area (Å²) in [6.07, 6.45) is 5.21. The van der Waals surface area contributed by atoms with Crippen LogP contribution in [-0.2, 0) is 4.74 Å². The number of piperidine rings is 1. The van der Waals surface area contributed by atoms with Gasteiger partial charge in [-0.15, -0.1) is 0 Å². The van der Waals surface area contributed by atoms with Crippen LogP contribution in [0.4, 0.5) is 4.79 Å². The fourth-order valence-corrected chi connectivity index (χ4v) is 2.69. The van der Waals surface area contributed by atoms with Crippen molar-refractivity contribution in [2.75, 3.05) is 19.7 Å². The lowest BCUT2D eigenvalue weighted by Gasteiger charge is -2.26. The second-order valence-electron chi connectivity index (χ2n) is 5.18. The highest BCUT2D eigenvalue weighted by Gasteiger charge is 2.15. The quantitative estimate of drug-likeness (QED) is 0.680. The Morgan fingerprint density at radius 2 is 1.95 bits per heavy atom. The first-order valence-corrected chi connectivity index (χ1v) is 8.11. The number of carbonyl (C=O) groups is 1. The fourth-order valence-electron chi connectivity index (χ4n) is 2.44. The van der Waals surface area contributed by atoms with Crippen LogP contribution in [0.25, 0.3) is 5.57 Å². The molecule has 1 aliphatic heterocycles. The SMILES string of the molecule is CCOC(=O)NC(=S)C(=CN1CCCCC1)c1ccccc1. The molecule has 1 saturated heterocycles. The third-order valence-electron chi connectivity index (χ3n) is 3.52. The van der Waals surface area contributed by atoms with E-state index < -0.39 is 6.09 Å². The van der Waals surface area contributed by atoms with Crippen LogP contribution in [-0.4, -0.2) is 35.7 Å². The summed E-state index contributed by atoms with van der Waals surface area (Å²) in [6.45, 7) is 4.14. The molecule has 0 aliphatic carbocycles. The molecule has 1 aromatic rings. The zero-order valence-electron chi connectivity index (χ0n) is 12.9. The third kappa shape index (κ3) is 4.84. The Bertz CT molecular complexity index is 537. The van der Waals surface area contributed by atoms with E-state index >= 15 is 0 Å². The molecule has 1 aromatic carbocycles. The highest BCUT2D eigenvalue weighted by atomic mass is 32.1. The summed E-state index contributed by atoms with van der Waals surface area (Å²) >= 11 is 5.41. The highest BCUT2D eigenvalue weighted by molar-refractivity contribution is 7.81. The summed E-state index contributed by atoms with van der Waals surface area (Å²) in [5.74, 6) is 0. The molecule has 0 saturated carbocycles. The summed E-state index contributed by atoms with van der Waals surface area (Å²) in [5.41, 5.74) is 1.85. The Hall–Kier alpha value is -1.88. The molecule has 1 N–H and O–H groups in total. The molecule has 5 heteroatoms. The Kier molecular flexibility index (Phi) is 6.40. The zero-order chi connectivity index (χ0) is 15.8. The molecule has 22 heavy (non-hydrogen) atoms. The van der Waals surface area contributed by atoms with Gasteiger partial charge in [-0.25, -0.2) is 4.79 Å². The number of thiocarbonyl (C=S) groups is 1. The Balaban J connectivity index is 2.19. The van der Waals surface area contributed by atoms with Gasteiger partial charge in [0.05, 0.1) is 6.61 Å². The number of nitrogens with zero attached hydrogens (tertiary/aromatic N) is 1. The smallest absolute Gasteiger partial charge is 0.412 e. The van der Waals surface area contributed by atoms with E-state index in [0.29, 0.717) is 11.6 Å². The minimum absolute atomic E-state index is 0.324. The van der Waals surface area contributed by atoms with Gasteiger partial charge in [0.2, 0.25) is 0 Å². The normalized spacial score (nSPS) is 15.3. The van der Waals surface area contributed by atoms with Crippen LogP contribution < -0.4 is 5.32 Å². The van der Waals surface area contributed by atoms with Crippen LogP contribution in [0.3, 0.4) is 0 Å². The summed E-state index contributed by atoms with van der Waals surface area (Å²) in [4.78, 5) is 14.3. The van der Waals surface area contributed by atoms with Gasteiger partial charge in [0, 0.05) is 24.9 Å². The van der Waals surface area contributed by atoms with E-state index in [9.17, 15) is 4.79 Å². The molecule has 1 amide bonds.